The minimum absolute atomic E-state index is 0.235. The van der Waals surface area contributed by atoms with Crippen LogP contribution in [0.25, 0.3) is 0 Å². The number of hydrogen-bond acceptors (Lipinski definition) is 4. The molecule has 1 aliphatic rings. The number of carbonyl (C=O) groups excluding carboxylic acids is 2. The fourth-order valence-corrected chi connectivity index (χ4v) is 4.69. The average Bonchev–Trinajstić information content (AvgIpc) is 3.19. The van der Waals surface area contributed by atoms with Gasteiger partial charge in [0.2, 0.25) is 0 Å². The highest BCUT2D eigenvalue weighted by molar-refractivity contribution is 9.10. The molecular formula is C22H18BrNO3S. The predicted molar refractivity (Wildman–Crippen MR) is 114 cm³/mol. The molecule has 0 aliphatic carbocycles. The summed E-state index contributed by atoms with van der Waals surface area (Å²) >= 11 is 4.79. The lowest BCUT2D eigenvalue weighted by atomic mass is 9.89. The second-order valence-electron chi connectivity index (χ2n) is 6.91. The Hall–Kier alpha value is -2.28. The standard InChI is InChI=1S/C22H18BrNO3S/c1-14-7-10-20(28-14)19(25)12-22(27)17-11-16(23)8-9-18(17)24(21(22)26)13-15-5-3-2-4-6-15/h2-11,27H,12-13H2,1H3. The number of amides is 1. The molecule has 2 heterocycles. The van der Waals surface area contributed by atoms with Crippen molar-refractivity contribution in [2.75, 3.05) is 4.90 Å². The van der Waals surface area contributed by atoms with Gasteiger partial charge in [0.05, 0.1) is 23.5 Å². The van der Waals surface area contributed by atoms with Crippen molar-refractivity contribution in [3.63, 3.8) is 0 Å². The number of aliphatic hydroxyl groups is 1. The molecule has 6 heteroatoms. The van der Waals surface area contributed by atoms with Crippen LogP contribution in [0, 0.1) is 6.92 Å². The van der Waals surface area contributed by atoms with Gasteiger partial charge in [-0.3, -0.25) is 9.59 Å². The first-order chi connectivity index (χ1) is 13.4. The molecule has 142 valence electrons. The highest BCUT2D eigenvalue weighted by Gasteiger charge is 2.51. The van der Waals surface area contributed by atoms with E-state index in [9.17, 15) is 14.7 Å². The largest absolute Gasteiger partial charge is 0.375 e. The van der Waals surface area contributed by atoms with Gasteiger partial charge in [-0.25, -0.2) is 0 Å². The SMILES string of the molecule is Cc1ccc(C(=O)CC2(O)C(=O)N(Cc3ccccc3)c3ccc(Br)cc32)s1. The summed E-state index contributed by atoms with van der Waals surface area (Å²) < 4.78 is 0.749. The van der Waals surface area contributed by atoms with Crippen LogP contribution in [0.15, 0.2) is 65.1 Å². The van der Waals surface area contributed by atoms with Gasteiger partial charge in [-0.1, -0.05) is 46.3 Å². The van der Waals surface area contributed by atoms with E-state index in [0.29, 0.717) is 22.7 Å². The first kappa shape index (κ1) is 19.1. The number of Topliss-reactive ketones (excluding diaryl/α,β-unsaturated/α-hetero) is 1. The van der Waals surface area contributed by atoms with Gasteiger partial charge in [0, 0.05) is 14.9 Å². The summed E-state index contributed by atoms with van der Waals surface area (Å²) in [6, 6.07) is 18.6. The smallest absolute Gasteiger partial charge is 0.264 e. The monoisotopic (exact) mass is 455 g/mol. The summed E-state index contributed by atoms with van der Waals surface area (Å²) in [6.45, 7) is 2.26. The van der Waals surface area contributed by atoms with Crippen molar-refractivity contribution in [2.45, 2.75) is 25.5 Å². The predicted octanol–water partition coefficient (Wildman–Crippen LogP) is 4.83. The van der Waals surface area contributed by atoms with Crippen LogP contribution in [0.5, 0.6) is 0 Å². The summed E-state index contributed by atoms with van der Waals surface area (Å²) in [5.41, 5.74) is 0.177. The number of fused-ring (bicyclic) bond motifs is 1. The number of ketones is 1. The summed E-state index contributed by atoms with van der Waals surface area (Å²) in [6.07, 6.45) is -0.277. The van der Waals surface area contributed by atoms with Crippen molar-refractivity contribution in [1.29, 1.82) is 0 Å². The van der Waals surface area contributed by atoms with Gasteiger partial charge in [-0.2, -0.15) is 0 Å². The average molecular weight is 456 g/mol. The van der Waals surface area contributed by atoms with E-state index in [1.807, 2.05) is 49.4 Å². The molecule has 1 N–H and O–H groups in total. The van der Waals surface area contributed by atoms with Gasteiger partial charge in [0.25, 0.3) is 5.91 Å². The zero-order valence-electron chi connectivity index (χ0n) is 15.2. The lowest BCUT2D eigenvalue weighted by Gasteiger charge is -2.22. The third kappa shape index (κ3) is 3.32. The molecule has 1 aliphatic heterocycles. The molecule has 0 saturated heterocycles. The number of hydrogen-bond donors (Lipinski definition) is 1. The van der Waals surface area contributed by atoms with Crippen LogP contribution in [-0.4, -0.2) is 16.8 Å². The molecule has 0 saturated carbocycles. The van der Waals surface area contributed by atoms with E-state index in [-0.39, 0.29) is 12.2 Å². The molecular weight excluding hydrogens is 438 g/mol. The molecule has 0 fully saturated rings. The van der Waals surface area contributed by atoms with Gasteiger partial charge in [0.15, 0.2) is 11.4 Å². The summed E-state index contributed by atoms with van der Waals surface area (Å²) in [4.78, 5) is 29.2. The lowest BCUT2D eigenvalue weighted by molar-refractivity contribution is -0.136. The third-order valence-electron chi connectivity index (χ3n) is 4.91. The number of anilines is 1. The molecule has 1 amide bonds. The Bertz CT molecular complexity index is 1060. The van der Waals surface area contributed by atoms with E-state index >= 15 is 0 Å². The lowest BCUT2D eigenvalue weighted by Crippen LogP contribution is -2.41. The van der Waals surface area contributed by atoms with Crippen LogP contribution in [0.2, 0.25) is 0 Å². The maximum atomic E-state index is 13.3. The molecule has 1 atom stereocenters. The first-order valence-corrected chi connectivity index (χ1v) is 10.5. The Morgan fingerprint density at radius 2 is 1.89 bits per heavy atom. The Morgan fingerprint density at radius 1 is 1.14 bits per heavy atom. The van der Waals surface area contributed by atoms with Crippen molar-refractivity contribution >= 4 is 44.6 Å². The Balaban J connectivity index is 1.72. The molecule has 3 aromatic rings. The zero-order chi connectivity index (χ0) is 19.9. The molecule has 1 aromatic heterocycles. The van der Waals surface area contributed by atoms with E-state index in [4.69, 9.17) is 0 Å². The van der Waals surface area contributed by atoms with Gasteiger partial charge >= 0.3 is 0 Å². The molecule has 0 radical (unpaired) electrons. The molecule has 4 rings (SSSR count). The summed E-state index contributed by atoms with van der Waals surface area (Å²) in [7, 11) is 0. The molecule has 4 nitrogen and oxygen atoms in total. The van der Waals surface area contributed by atoms with Crippen LogP contribution in [-0.2, 0) is 16.9 Å². The summed E-state index contributed by atoms with van der Waals surface area (Å²) in [5, 5.41) is 11.4. The molecule has 1 unspecified atom stereocenters. The fourth-order valence-electron chi connectivity index (χ4n) is 3.52. The van der Waals surface area contributed by atoms with Crippen LogP contribution in [0.1, 0.15) is 32.1 Å². The van der Waals surface area contributed by atoms with Crippen LogP contribution in [0.4, 0.5) is 5.69 Å². The summed E-state index contributed by atoms with van der Waals surface area (Å²) in [5.74, 6) is -0.701. The van der Waals surface area contributed by atoms with Crippen molar-refractivity contribution in [3.05, 3.63) is 86.0 Å². The number of thiophene rings is 1. The fraction of sp³-hybridized carbons (Fsp3) is 0.182. The van der Waals surface area contributed by atoms with Crippen LogP contribution < -0.4 is 4.90 Å². The minimum Gasteiger partial charge on any atom is -0.375 e. The van der Waals surface area contributed by atoms with Crippen molar-refractivity contribution in [2.24, 2.45) is 0 Å². The van der Waals surface area contributed by atoms with Gasteiger partial charge in [0.1, 0.15) is 0 Å². The van der Waals surface area contributed by atoms with E-state index in [1.165, 1.54) is 11.3 Å². The van der Waals surface area contributed by atoms with Gasteiger partial charge in [-0.15, -0.1) is 11.3 Å². The van der Waals surface area contributed by atoms with E-state index < -0.39 is 11.5 Å². The van der Waals surface area contributed by atoms with Crippen LogP contribution >= 0.6 is 27.3 Å². The molecule has 28 heavy (non-hydrogen) atoms. The van der Waals surface area contributed by atoms with E-state index in [0.717, 1.165) is 14.9 Å². The third-order valence-corrected chi connectivity index (χ3v) is 6.44. The number of benzene rings is 2. The molecule has 0 spiro atoms. The maximum Gasteiger partial charge on any atom is 0.264 e. The number of nitrogens with zero attached hydrogens (tertiary/aromatic N) is 1. The van der Waals surface area contributed by atoms with E-state index in [1.54, 1.807) is 23.1 Å². The number of rotatable bonds is 5. The molecule has 2 aromatic carbocycles. The first-order valence-electron chi connectivity index (χ1n) is 8.86. The van der Waals surface area contributed by atoms with Gasteiger partial charge < -0.3 is 10.0 Å². The molecule has 0 bridgehead atoms. The Labute approximate surface area is 175 Å². The van der Waals surface area contributed by atoms with Crippen molar-refractivity contribution in [1.82, 2.24) is 0 Å². The Morgan fingerprint density at radius 3 is 2.57 bits per heavy atom. The number of aryl methyl sites for hydroxylation is 1. The topological polar surface area (TPSA) is 57.6 Å². The number of halogens is 1. The maximum absolute atomic E-state index is 13.3. The second kappa shape index (κ2) is 7.28. The second-order valence-corrected chi connectivity index (χ2v) is 9.11. The van der Waals surface area contributed by atoms with E-state index in [2.05, 4.69) is 15.9 Å². The van der Waals surface area contributed by atoms with Crippen LogP contribution in [0.3, 0.4) is 0 Å². The normalized spacial score (nSPS) is 18.4. The highest BCUT2D eigenvalue weighted by atomic mass is 79.9. The Kier molecular flexibility index (Phi) is 4.95. The number of carbonyl (C=O) groups is 2. The van der Waals surface area contributed by atoms with Crippen molar-refractivity contribution < 1.29 is 14.7 Å². The highest BCUT2D eigenvalue weighted by Crippen LogP contribution is 2.45. The van der Waals surface area contributed by atoms with Crippen molar-refractivity contribution in [3.8, 4) is 0 Å². The van der Waals surface area contributed by atoms with Gasteiger partial charge in [-0.05, 0) is 42.8 Å². The zero-order valence-corrected chi connectivity index (χ0v) is 17.6. The minimum atomic E-state index is -1.87. The quantitative estimate of drug-likeness (QED) is 0.560.